The normalized spacial score (nSPS) is 20.2. The summed E-state index contributed by atoms with van der Waals surface area (Å²) < 4.78 is 61.2. The molecule has 3 heterocycles. The molecule has 2 aromatic carbocycles. The Morgan fingerprint density at radius 3 is 2.72 bits per heavy atom. The lowest BCUT2D eigenvalue weighted by atomic mass is 9.94. The minimum Gasteiger partial charge on any atom is -0.468 e. The summed E-state index contributed by atoms with van der Waals surface area (Å²) in [6.45, 7) is 8.63. The second kappa shape index (κ2) is 12.6. The number of fused-ring (bicyclic) bond motifs is 3. The van der Waals surface area contributed by atoms with Crippen LogP contribution in [0.5, 0.6) is 11.8 Å². The number of pyridine rings is 1. The van der Waals surface area contributed by atoms with Crippen molar-refractivity contribution in [1.29, 1.82) is 0 Å². The lowest BCUT2D eigenvalue weighted by molar-refractivity contribution is 0.0512. The van der Waals surface area contributed by atoms with Gasteiger partial charge in [0.2, 0.25) is 0 Å². The molecular weight excluding hydrogens is 610 g/mol. The molecule has 244 valence electrons. The Kier molecular flexibility index (Phi) is 8.55. The summed E-state index contributed by atoms with van der Waals surface area (Å²) in [5, 5.41) is 1.79. The number of aromatic nitrogens is 3. The fraction of sp³-hybridized carbons (Fsp3) is 0.500. The van der Waals surface area contributed by atoms with Gasteiger partial charge in [-0.1, -0.05) is 13.0 Å². The standard InChI is InChI=1S/C34H40F2N4O5Si/c1-5-22-25(35)8-7-20-13-21(44-19-41-2)14-23(28(20)22)30-29(36)31-24(16-37-30)32(40-11-6-12-42-27-15-26(27)40)39-33(38-31)43-17-34(9-10-34)18-45-46(3)4/h7-8,13-14,16,26-27,46H,5-6,9-12,15,17-19H2,1-4H3. The highest BCUT2D eigenvalue weighted by Crippen LogP contribution is 2.47. The molecule has 3 aliphatic rings. The van der Waals surface area contributed by atoms with Crippen molar-refractivity contribution in [3.05, 3.63) is 47.7 Å². The Bertz CT molecular complexity index is 1770. The molecule has 0 bridgehead atoms. The predicted molar refractivity (Wildman–Crippen MR) is 174 cm³/mol. The highest BCUT2D eigenvalue weighted by molar-refractivity contribution is 6.48. The summed E-state index contributed by atoms with van der Waals surface area (Å²) in [4.78, 5) is 16.4. The fourth-order valence-electron chi connectivity index (χ4n) is 6.36. The number of ether oxygens (including phenoxy) is 4. The average molecular weight is 651 g/mol. The van der Waals surface area contributed by atoms with E-state index >= 15 is 8.78 Å². The summed E-state index contributed by atoms with van der Waals surface area (Å²) in [6.07, 6.45) is 5.90. The van der Waals surface area contributed by atoms with Gasteiger partial charge in [0, 0.05) is 44.0 Å². The van der Waals surface area contributed by atoms with E-state index in [9.17, 15) is 0 Å². The zero-order valence-corrected chi connectivity index (χ0v) is 27.9. The second-order valence-corrected chi connectivity index (χ2v) is 15.4. The van der Waals surface area contributed by atoms with Crippen LogP contribution in [-0.2, 0) is 20.3 Å². The van der Waals surface area contributed by atoms with E-state index in [0.717, 1.165) is 32.2 Å². The van der Waals surface area contributed by atoms with Crippen LogP contribution < -0.4 is 14.4 Å². The first kappa shape index (κ1) is 31.2. The summed E-state index contributed by atoms with van der Waals surface area (Å²) in [6, 6.07) is 6.86. The maximum absolute atomic E-state index is 17.0. The van der Waals surface area contributed by atoms with E-state index in [0.29, 0.717) is 65.1 Å². The number of benzene rings is 2. The Labute approximate surface area is 268 Å². The molecule has 0 radical (unpaired) electrons. The van der Waals surface area contributed by atoms with Gasteiger partial charge in [-0.3, -0.25) is 4.98 Å². The smallest absolute Gasteiger partial charge is 0.319 e. The van der Waals surface area contributed by atoms with Crippen molar-refractivity contribution in [1.82, 2.24) is 15.0 Å². The van der Waals surface area contributed by atoms with E-state index in [1.165, 1.54) is 13.2 Å². The SMILES string of the molecule is CCc1c(F)ccc2cc(OCOC)cc(-c3ncc4c(N5CCCOC6CC65)nc(OCC5(CO[SiH](C)C)CC5)nc4c3F)c12. The molecule has 2 unspecified atom stereocenters. The zero-order chi connectivity index (χ0) is 32.0. The lowest BCUT2D eigenvalue weighted by Crippen LogP contribution is -2.29. The van der Waals surface area contributed by atoms with E-state index < -0.39 is 14.9 Å². The van der Waals surface area contributed by atoms with Gasteiger partial charge < -0.3 is 28.3 Å². The molecule has 7 rings (SSSR count). The zero-order valence-electron chi connectivity index (χ0n) is 26.8. The molecule has 3 fully saturated rings. The van der Waals surface area contributed by atoms with Gasteiger partial charge in [-0.2, -0.15) is 9.97 Å². The van der Waals surface area contributed by atoms with Crippen LogP contribution in [-0.4, -0.2) is 76.4 Å². The second-order valence-electron chi connectivity index (χ2n) is 12.9. The van der Waals surface area contributed by atoms with Crippen molar-refractivity contribution in [2.24, 2.45) is 5.41 Å². The van der Waals surface area contributed by atoms with Crippen LogP contribution in [0.15, 0.2) is 30.5 Å². The van der Waals surface area contributed by atoms with Gasteiger partial charge >= 0.3 is 6.01 Å². The molecule has 1 saturated heterocycles. The first-order chi connectivity index (χ1) is 22.3. The van der Waals surface area contributed by atoms with Crippen LogP contribution in [0.3, 0.4) is 0 Å². The van der Waals surface area contributed by atoms with E-state index in [4.69, 9.17) is 28.4 Å². The Morgan fingerprint density at radius 2 is 1.96 bits per heavy atom. The monoisotopic (exact) mass is 650 g/mol. The van der Waals surface area contributed by atoms with E-state index in [2.05, 4.69) is 28.0 Å². The molecular formula is C34H40F2N4O5Si. The van der Waals surface area contributed by atoms with Gasteiger partial charge in [-0.05, 0) is 79.7 Å². The van der Waals surface area contributed by atoms with Crippen LogP contribution in [0.1, 0.15) is 38.2 Å². The summed E-state index contributed by atoms with van der Waals surface area (Å²) in [7, 11) is 0.347. The highest BCUT2D eigenvalue weighted by atomic mass is 28.3. The van der Waals surface area contributed by atoms with Gasteiger partial charge in [0.15, 0.2) is 21.7 Å². The van der Waals surface area contributed by atoms with Crippen LogP contribution in [0.4, 0.5) is 14.6 Å². The number of methoxy groups -OCH3 is 1. The van der Waals surface area contributed by atoms with Gasteiger partial charge in [-0.25, -0.2) is 8.78 Å². The Morgan fingerprint density at radius 1 is 1.11 bits per heavy atom. The van der Waals surface area contributed by atoms with Crippen LogP contribution in [0.25, 0.3) is 32.9 Å². The number of anilines is 1. The van der Waals surface area contributed by atoms with Gasteiger partial charge in [-0.15, -0.1) is 0 Å². The molecule has 0 N–H and O–H groups in total. The molecule has 12 heteroatoms. The predicted octanol–water partition coefficient (Wildman–Crippen LogP) is 6.19. The summed E-state index contributed by atoms with van der Waals surface area (Å²) >= 11 is 0. The van der Waals surface area contributed by atoms with Crippen molar-refractivity contribution >= 4 is 36.5 Å². The van der Waals surface area contributed by atoms with Gasteiger partial charge in [0.05, 0.1) is 24.1 Å². The molecule has 2 atom stereocenters. The van der Waals surface area contributed by atoms with Crippen LogP contribution in [0.2, 0.25) is 13.1 Å². The third-order valence-electron chi connectivity index (χ3n) is 9.17. The highest BCUT2D eigenvalue weighted by Gasteiger charge is 2.46. The van der Waals surface area contributed by atoms with Crippen LogP contribution >= 0.6 is 0 Å². The molecule has 0 amide bonds. The molecule has 46 heavy (non-hydrogen) atoms. The average Bonchev–Trinajstić information content (AvgIpc) is 3.97. The minimum atomic E-state index is -1.18. The molecule has 1 aliphatic heterocycles. The maximum atomic E-state index is 17.0. The van der Waals surface area contributed by atoms with E-state index in [1.54, 1.807) is 24.4 Å². The van der Waals surface area contributed by atoms with Crippen molar-refractivity contribution in [3.8, 4) is 23.0 Å². The van der Waals surface area contributed by atoms with E-state index in [1.807, 2.05) is 6.92 Å². The fourth-order valence-corrected chi connectivity index (χ4v) is 7.04. The lowest BCUT2D eigenvalue weighted by Gasteiger charge is -2.24. The number of aryl methyl sites for hydroxylation is 1. The molecule has 2 aliphatic carbocycles. The third-order valence-corrected chi connectivity index (χ3v) is 10.0. The number of hydrogen-bond acceptors (Lipinski definition) is 9. The molecule has 4 aromatic rings. The number of halogens is 2. The van der Waals surface area contributed by atoms with Gasteiger partial charge in [0.25, 0.3) is 0 Å². The Balaban J connectivity index is 1.36. The number of rotatable bonds is 12. The molecule has 0 spiro atoms. The minimum absolute atomic E-state index is 0.00525. The first-order valence-corrected chi connectivity index (χ1v) is 18.9. The van der Waals surface area contributed by atoms with E-state index in [-0.39, 0.29) is 47.4 Å². The van der Waals surface area contributed by atoms with Crippen LogP contribution in [0, 0.1) is 17.0 Å². The quantitative estimate of drug-likeness (QED) is 0.132. The van der Waals surface area contributed by atoms with Crippen molar-refractivity contribution in [3.63, 3.8) is 0 Å². The van der Waals surface area contributed by atoms with Crippen molar-refractivity contribution < 1.29 is 32.2 Å². The number of hydrogen-bond donors (Lipinski definition) is 0. The molecule has 2 saturated carbocycles. The third kappa shape index (κ3) is 6.03. The molecule has 2 aromatic heterocycles. The number of nitrogens with zero attached hydrogens (tertiary/aromatic N) is 4. The topological polar surface area (TPSA) is 88.1 Å². The maximum Gasteiger partial charge on any atom is 0.319 e. The first-order valence-electron chi connectivity index (χ1n) is 16.2. The summed E-state index contributed by atoms with van der Waals surface area (Å²) in [5.41, 5.74) is 0.991. The van der Waals surface area contributed by atoms with Crippen molar-refractivity contribution in [2.45, 2.75) is 64.3 Å². The van der Waals surface area contributed by atoms with Crippen molar-refractivity contribution in [2.75, 3.05) is 45.2 Å². The summed E-state index contributed by atoms with van der Waals surface area (Å²) in [5.74, 6) is 0.0615. The Hall–Kier alpha value is -3.45. The van der Waals surface area contributed by atoms with Gasteiger partial charge in [0.1, 0.15) is 28.6 Å². The largest absolute Gasteiger partial charge is 0.468 e. The molecule has 9 nitrogen and oxygen atoms in total.